The van der Waals surface area contributed by atoms with Crippen molar-refractivity contribution in [2.45, 2.75) is 19.6 Å². The van der Waals surface area contributed by atoms with Crippen LogP contribution in [0.4, 0.5) is 0 Å². The van der Waals surface area contributed by atoms with Crippen LogP contribution in [0.25, 0.3) is 72.0 Å². The highest BCUT2D eigenvalue weighted by molar-refractivity contribution is 8.00. The molecule has 0 N–H and O–H groups in total. The average molecular weight is 686 g/mol. The molecule has 1 aromatic heterocycles. The van der Waals surface area contributed by atoms with Crippen LogP contribution in [-0.2, 0) is 0 Å². The third-order valence-electron chi connectivity index (χ3n) is 9.88. The number of hydrogen-bond acceptors (Lipinski definition) is 2. The number of hydrogen-bond donors (Lipinski definition) is 0. The second kappa shape index (κ2) is 12.5. The number of fused-ring (bicyclic) bond motifs is 9. The summed E-state index contributed by atoms with van der Waals surface area (Å²) in [5.74, 6) is 0. The molecule has 0 bridgehead atoms. The molecule has 0 amide bonds. The molecule has 0 radical (unpaired) electrons. The molecule has 1 nitrogen and oxygen atoms in total. The van der Waals surface area contributed by atoms with E-state index in [9.17, 15) is 0 Å². The molecule has 240 valence electrons. The van der Waals surface area contributed by atoms with E-state index in [2.05, 4.69) is 193 Å². The third-order valence-corrected chi connectivity index (χ3v) is 12.2. The van der Waals surface area contributed by atoms with Gasteiger partial charge in [-0.05, 0) is 81.9 Å². The van der Waals surface area contributed by atoms with Gasteiger partial charge >= 0.3 is 0 Å². The summed E-state index contributed by atoms with van der Waals surface area (Å²) in [6.07, 6.45) is 0. The topological polar surface area (TPSA) is 4.93 Å². The molecule has 8 aromatic carbocycles. The SMILES string of the molecule is c1ccc(-c2cccc3c2-c2cc(-c4cccc5c6ccccc6n(-c6ccccc6)c45)ccc2Sc2ccccc2-c2ccccc2S3)cc1. The molecule has 0 fully saturated rings. The molecule has 0 spiro atoms. The lowest BCUT2D eigenvalue weighted by atomic mass is 9.92. The minimum absolute atomic E-state index is 1.16. The van der Waals surface area contributed by atoms with Crippen LogP contribution in [0, 0.1) is 0 Å². The second-order valence-corrected chi connectivity index (χ2v) is 15.0. The van der Waals surface area contributed by atoms with Gasteiger partial charge in [0.1, 0.15) is 0 Å². The molecule has 0 atom stereocenters. The Balaban J connectivity index is 1.29. The molecular weight excluding hydrogens is 655 g/mol. The minimum atomic E-state index is 1.16. The Hall–Kier alpha value is -5.74. The van der Waals surface area contributed by atoms with E-state index in [-0.39, 0.29) is 0 Å². The predicted octanol–water partition coefficient (Wildman–Crippen LogP) is 14.1. The van der Waals surface area contributed by atoms with Gasteiger partial charge in [-0.3, -0.25) is 0 Å². The van der Waals surface area contributed by atoms with Crippen LogP contribution in [-0.4, -0.2) is 4.57 Å². The number of para-hydroxylation sites is 3. The molecule has 0 aliphatic carbocycles. The summed E-state index contributed by atoms with van der Waals surface area (Å²) in [7, 11) is 0. The van der Waals surface area contributed by atoms with Crippen molar-refractivity contribution in [2.24, 2.45) is 0 Å². The highest BCUT2D eigenvalue weighted by Gasteiger charge is 2.23. The highest BCUT2D eigenvalue weighted by atomic mass is 32.2. The van der Waals surface area contributed by atoms with Crippen LogP contribution in [0.1, 0.15) is 0 Å². The van der Waals surface area contributed by atoms with E-state index >= 15 is 0 Å². The first kappa shape index (κ1) is 30.1. The van der Waals surface area contributed by atoms with Crippen molar-refractivity contribution in [3.8, 4) is 50.2 Å². The third kappa shape index (κ3) is 5.12. The Morgan fingerprint density at radius 2 is 0.882 bits per heavy atom. The fraction of sp³-hybridized carbons (Fsp3) is 0. The van der Waals surface area contributed by atoms with Crippen LogP contribution in [0.5, 0.6) is 0 Å². The zero-order valence-electron chi connectivity index (χ0n) is 27.7. The molecule has 0 saturated heterocycles. The van der Waals surface area contributed by atoms with Gasteiger partial charge in [0.15, 0.2) is 0 Å². The van der Waals surface area contributed by atoms with Gasteiger partial charge in [0.25, 0.3) is 0 Å². The number of aromatic nitrogens is 1. The maximum absolute atomic E-state index is 2.45. The fourth-order valence-corrected chi connectivity index (χ4v) is 9.84. The highest BCUT2D eigenvalue weighted by Crippen LogP contribution is 2.52. The van der Waals surface area contributed by atoms with E-state index in [1.165, 1.54) is 85.9 Å². The van der Waals surface area contributed by atoms with Crippen molar-refractivity contribution in [3.05, 3.63) is 188 Å². The van der Waals surface area contributed by atoms with Crippen molar-refractivity contribution in [1.29, 1.82) is 0 Å². The molecule has 3 heteroatoms. The summed E-state index contributed by atoms with van der Waals surface area (Å²) in [5.41, 5.74) is 13.5. The van der Waals surface area contributed by atoms with Crippen molar-refractivity contribution >= 4 is 45.3 Å². The Kier molecular flexibility index (Phi) is 7.41. The van der Waals surface area contributed by atoms with Crippen LogP contribution in [0.3, 0.4) is 0 Å². The lowest BCUT2D eigenvalue weighted by molar-refractivity contribution is 1.18. The molecule has 0 saturated carbocycles. The molecule has 10 rings (SSSR count). The first-order valence-electron chi connectivity index (χ1n) is 17.3. The van der Waals surface area contributed by atoms with Gasteiger partial charge in [0.2, 0.25) is 0 Å². The molecule has 51 heavy (non-hydrogen) atoms. The number of rotatable bonds is 3. The van der Waals surface area contributed by atoms with Crippen molar-refractivity contribution in [3.63, 3.8) is 0 Å². The summed E-state index contributed by atoms with van der Waals surface area (Å²) in [6.45, 7) is 0. The minimum Gasteiger partial charge on any atom is -0.309 e. The fourth-order valence-electron chi connectivity index (χ4n) is 7.62. The number of nitrogens with zero attached hydrogens (tertiary/aromatic N) is 1. The number of benzene rings is 8. The summed E-state index contributed by atoms with van der Waals surface area (Å²) in [5, 5.41) is 2.52. The Labute approximate surface area is 306 Å². The first-order valence-corrected chi connectivity index (χ1v) is 18.9. The van der Waals surface area contributed by atoms with Crippen molar-refractivity contribution < 1.29 is 0 Å². The maximum atomic E-state index is 2.45. The molecule has 0 unspecified atom stereocenters. The average Bonchev–Trinajstić information content (AvgIpc) is 3.54. The second-order valence-electron chi connectivity index (χ2n) is 12.8. The first-order chi connectivity index (χ1) is 25.3. The quantitative estimate of drug-likeness (QED) is 0.182. The van der Waals surface area contributed by atoms with E-state index in [4.69, 9.17) is 0 Å². The van der Waals surface area contributed by atoms with E-state index in [1.807, 2.05) is 23.5 Å². The Morgan fingerprint density at radius 1 is 0.333 bits per heavy atom. The van der Waals surface area contributed by atoms with E-state index in [0.717, 1.165) is 5.69 Å². The summed E-state index contributed by atoms with van der Waals surface area (Å²) in [6, 6.07) is 68.8. The van der Waals surface area contributed by atoms with Crippen LogP contribution in [0.2, 0.25) is 0 Å². The van der Waals surface area contributed by atoms with Gasteiger partial charge in [-0.1, -0.05) is 163 Å². The van der Waals surface area contributed by atoms with E-state index in [1.54, 1.807) is 0 Å². The maximum Gasteiger partial charge on any atom is 0.0619 e. The standard InChI is InChI=1S/C48H31NS2/c1-3-15-32(16-4-1)35-22-14-28-46-47(35)41-31-33(29-30-45(41)50-43-26-11-8-20-38(43)39-21-9-12-27-44(39)51-46)36-23-13-24-40-37-19-7-10-25-42(37)49(48(36)40)34-17-5-2-6-18-34/h1-31H. The van der Waals surface area contributed by atoms with E-state index < -0.39 is 0 Å². The normalized spacial score (nSPS) is 12.2. The molecule has 2 heterocycles. The van der Waals surface area contributed by atoms with Gasteiger partial charge in [0, 0.05) is 47.2 Å². The summed E-state index contributed by atoms with van der Waals surface area (Å²) in [4.78, 5) is 5.01. The molecule has 9 aromatic rings. The predicted molar refractivity (Wildman–Crippen MR) is 217 cm³/mol. The van der Waals surface area contributed by atoms with Gasteiger partial charge in [-0.2, -0.15) is 0 Å². The largest absolute Gasteiger partial charge is 0.309 e. The van der Waals surface area contributed by atoms with Crippen LogP contribution < -0.4 is 0 Å². The van der Waals surface area contributed by atoms with Gasteiger partial charge in [-0.15, -0.1) is 0 Å². The van der Waals surface area contributed by atoms with Crippen molar-refractivity contribution in [2.75, 3.05) is 0 Å². The van der Waals surface area contributed by atoms with Crippen LogP contribution in [0.15, 0.2) is 208 Å². The summed E-state index contributed by atoms with van der Waals surface area (Å²) < 4.78 is 2.44. The van der Waals surface area contributed by atoms with Gasteiger partial charge < -0.3 is 4.57 Å². The summed E-state index contributed by atoms with van der Waals surface area (Å²) >= 11 is 3.74. The zero-order chi connectivity index (χ0) is 33.7. The van der Waals surface area contributed by atoms with Gasteiger partial charge in [0.05, 0.1) is 11.0 Å². The van der Waals surface area contributed by atoms with Crippen LogP contribution >= 0.6 is 23.5 Å². The molecule has 1 aliphatic rings. The van der Waals surface area contributed by atoms with E-state index in [0.29, 0.717) is 0 Å². The smallest absolute Gasteiger partial charge is 0.0619 e. The lowest BCUT2D eigenvalue weighted by Gasteiger charge is -2.23. The molecular formula is C48H31NS2. The Morgan fingerprint density at radius 3 is 1.67 bits per heavy atom. The van der Waals surface area contributed by atoms with Gasteiger partial charge in [-0.25, -0.2) is 0 Å². The Bertz CT molecular complexity index is 2740. The lowest BCUT2D eigenvalue weighted by Crippen LogP contribution is -1.97. The van der Waals surface area contributed by atoms with Crippen molar-refractivity contribution in [1.82, 2.24) is 4.57 Å². The zero-order valence-corrected chi connectivity index (χ0v) is 29.3. The monoisotopic (exact) mass is 685 g/mol. The molecule has 1 aliphatic heterocycles.